The third-order valence-corrected chi connectivity index (χ3v) is 5.04. The van der Waals surface area contributed by atoms with Gasteiger partial charge in [0.2, 0.25) is 0 Å². The summed E-state index contributed by atoms with van der Waals surface area (Å²) in [6, 6.07) is 10.3. The molecule has 0 aliphatic carbocycles. The van der Waals surface area contributed by atoms with Crippen LogP contribution in [0.3, 0.4) is 0 Å². The highest BCUT2D eigenvalue weighted by Gasteiger charge is 2.12. The quantitative estimate of drug-likeness (QED) is 0.707. The van der Waals surface area contributed by atoms with Crippen LogP contribution in [0, 0.1) is 0 Å². The number of halogens is 1. The predicted molar refractivity (Wildman–Crippen MR) is 105 cm³/mol. The van der Waals surface area contributed by atoms with E-state index in [0.29, 0.717) is 6.54 Å². The van der Waals surface area contributed by atoms with E-state index in [9.17, 15) is 0 Å². The van der Waals surface area contributed by atoms with Crippen molar-refractivity contribution in [3.05, 3.63) is 52.9 Å². The van der Waals surface area contributed by atoms with E-state index in [-0.39, 0.29) is 0 Å². The van der Waals surface area contributed by atoms with Crippen LogP contribution in [0.25, 0.3) is 10.9 Å². The van der Waals surface area contributed by atoms with Gasteiger partial charge in [-0.15, -0.1) is 0 Å². The summed E-state index contributed by atoms with van der Waals surface area (Å²) in [5, 5.41) is 4.46. The second-order valence-electron chi connectivity index (χ2n) is 6.31. The number of aromatic nitrogens is 3. The van der Waals surface area contributed by atoms with Gasteiger partial charge in [-0.05, 0) is 55.2 Å². The fourth-order valence-corrected chi connectivity index (χ4v) is 3.58. The standard InChI is InChI=1S/C19H20BrN5/c20-15-4-5-17-16(11-15)19(24-13-23-17)22-12-14-6-7-21-18(10-14)25-8-2-1-3-9-25/h4-7,10-11,13H,1-3,8-9,12H2,(H,22,23,24). The molecular weight excluding hydrogens is 378 g/mol. The Morgan fingerprint density at radius 3 is 2.76 bits per heavy atom. The molecule has 1 fully saturated rings. The molecule has 0 atom stereocenters. The number of pyridine rings is 1. The van der Waals surface area contributed by atoms with Gasteiger partial charge in [-0.1, -0.05) is 15.9 Å². The molecule has 1 saturated heterocycles. The minimum Gasteiger partial charge on any atom is -0.365 e. The third-order valence-electron chi connectivity index (χ3n) is 4.55. The first-order valence-corrected chi connectivity index (χ1v) is 9.43. The number of hydrogen-bond donors (Lipinski definition) is 1. The van der Waals surface area contributed by atoms with E-state index < -0.39 is 0 Å². The summed E-state index contributed by atoms with van der Waals surface area (Å²) in [5.41, 5.74) is 2.14. The average Bonchev–Trinajstić information content (AvgIpc) is 2.67. The molecule has 128 valence electrons. The number of piperidine rings is 1. The summed E-state index contributed by atoms with van der Waals surface area (Å²) in [4.78, 5) is 15.7. The number of nitrogens with zero attached hydrogens (tertiary/aromatic N) is 4. The highest BCUT2D eigenvalue weighted by Crippen LogP contribution is 2.24. The van der Waals surface area contributed by atoms with E-state index in [1.165, 1.54) is 24.8 Å². The Bertz CT molecular complexity index is 877. The highest BCUT2D eigenvalue weighted by atomic mass is 79.9. The Morgan fingerprint density at radius 2 is 1.88 bits per heavy atom. The summed E-state index contributed by atoms with van der Waals surface area (Å²) >= 11 is 3.52. The van der Waals surface area contributed by atoms with E-state index in [0.717, 1.165) is 40.1 Å². The Kier molecular flexibility index (Phi) is 4.78. The van der Waals surface area contributed by atoms with Crippen molar-refractivity contribution in [2.24, 2.45) is 0 Å². The van der Waals surface area contributed by atoms with Crippen LogP contribution < -0.4 is 10.2 Å². The third kappa shape index (κ3) is 3.74. The first-order valence-electron chi connectivity index (χ1n) is 8.63. The van der Waals surface area contributed by atoms with Gasteiger partial charge in [0.15, 0.2) is 0 Å². The number of rotatable bonds is 4. The van der Waals surface area contributed by atoms with Gasteiger partial charge in [-0.3, -0.25) is 0 Å². The summed E-state index contributed by atoms with van der Waals surface area (Å²) in [6.45, 7) is 2.92. The molecular formula is C19H20BrN5. The van der Waals surface area contributed by atoms with E-state index in [2.05, 4.69) is 53.2 Å². The van der Waals surface area contributed by atoms with Crippen LogP contribution >= 0.6 is 15.9 Å². The van der Waals surface area contributed by atoms with Crippen molar-refractivity contribution in [3.8, 4) is 0 Å². The molecule has 0 bridgehead atoms. The number of fused-ring (bicyclic) bond motifs is 1. The van der Waals surface area contributed by atoms with Crippen LogP contribution in [-0.4, -0.2) is 28.0 Å². The predicted octanol–water partition coefficient (Wildman–Crippen LogP) is 4.39. The molecule has 2 aromatic heterocycles. The second kappa shape index (κ2) is 7.35. The molecule has 0 unspecified atom stereocenters. The topological polar surface area (TPSA) is 53.9 Å². The van der Waals surface area contributed by atoms with Gasteiger partial charge in [0, 0.05) is 35.7 Å². The molecule has 0 radical (unpaired) electrons. The van der Waals surface area contributed by atoms with Crippen molar-refractivity contribution in [3.63, 3.8) is 0 Å². The Balaban J connectivity index is 1.53. The maximum Gasteiger partial charge on any atom is 0.137 e. The molecule has 1 aromatic carbocycles. The molecule has 1 aliphatic rings. The zero-order chi connectivity index (χ0) is 17.1. The van der Waals surface area contributed by atoms with Crippen LogP contribution in [0.4, 0.5) is 11.6 Å². The van der Waals surface area contributed by atoms with Gasteiger partial charge in [-0.25, -0.2) is 15.0 Å². The van der Waals surface area contributed by atoms with Gasteiger partial charge in [0.1, 0.15) is 18.0 Å². The van der Waals surface area contributed by atoms with Crippen molar-refractivity contribution in [1.29, 1.82) is 0 Å². The van der Waals surface area contributed by atoms with Crippen LogP contribution in [-0.2, 0) is 6.54 Å². The summed E-state index contributed by atoms with van der Waals surface area (Å²) < 4.78 is 1.02. The molecule has 25 heavy (non-hydrogen) atoms. The lowest BCUT2D eigenvalue weighted by atomic mass is 10.1. The SMILES string of the molecule is Brc1ccc2ncnc(NCc3ccnc(N4CCCCC4)c3)c2c1. The summed E-state index contributed by atoms with van der Waals surface area (Å²) in [5.74, 6) is 1.93. The maximum absolute atomic E-state index is 4.55. The molecule has 3 aromatic rings. The van der Waals surface area contributed by atoms with Crippen LogP contribution in [0.15, 0.2) is 47.3 Å². The van der Waals surface area contributed by atoms with Crippen molar-refractivity contribution in [2.75, 3.05) is 23.3 Å². The van der Waals surface area contributed by atoms with Gasteiger partial charge in [-0.2, -0.15) is 0 Å². The van der Waals surface area contributed by atoms with E-state index in [1.807, 2.05) is 24.4 Å². The molecule has 5 nitrogen and oxygen atoms in total. The number of hydrogen-bond acceptors (Lipinski definition) is 5. The molecule has 0 amide bonds. The lowest BCUT2D eigenvalue weighted by molar-refractivity contribution is 0.573. The lowest BCUT2D eigenvalue weighted by Gasteiger charge is -2.27. The largest absolute Gasteiger partial charge is 0.365 e. The molecule has 6 heteroatoms. The van der Waals surface area contributed by atoms with Gasteiger partial charge >= 0.3 is 0 Å². The molecule has 4 rings (SSSR count). The van der Waals surface area contributed by atoms with Crippen LogP contribution in [0.1, 0.15) is 24.8 Å². The Morgan fingerprint density at radius 1 is 1.00 bits per heavy atom. The Hall–Kier alpha value is -2.21. The minimum absolute atomic E-state index is 0.710. The van der Waals surface area contributed by atoms with Crippen LogP contribution in [0.5, 0.6) is 0 Å². The zero-order valence-electron chi connectivity index (χ0n) is 14.0. The lowest BCUT2D eigenvalue weighted by Crippen LogP contribution is -2.30. The zero-order valence-corrected chi connectivity index (χ0v) is 15.5. The molecule has 3 heterocycles. The minimum atomic E-state index is 0.710. The van der Waals surface area contributed by atoms with E-state index in [4.69, 9.17) is 0 Å². The molecule has 0 spiro atoms. The molecule has 0 saturated carbocycles. The smallest absolute Gasteiger partial charge is 0.137 e. The van der Waals surface area contributed by atoms with Crippen molar-refractivity contribution in [2.45, 2.75) is 25.8 Å². The number of anilines is 2. The highest BCUT2D eigenvalue weighted by molar-refractivity contribution is 9.10. The monoisotopic (exact) mass is 397 g/mol. The fraction of sp³-hybridized carbons (Fsp3) is 0.316. The van der Waals surface area contributed by atoms with Crippen LogP contribution in [0.2, 0.25) is 0 Å². The molecule has 1 aliphatic heterocycles. The maximum atomic E-state index is 4.55. The van der Waals surface area contributed by atoms with Gasteiger partial charge < -0.3 is 10.2 Å². The summed E-state index contributed by atoms with van der Waals surface area (Å²) in [7, 11) is 0. The number of benzene rings is 1. The summed E-state index contributed by atoms with van der Waals surface area (Å²) in [6.07, 6.45) is 7.34. The van der Waals surface area contributed by atoms with Crippen molar-refractivity contribution in [1.82, 2.24) is 15.0 Å². The van der Waals surface area contributed by atoms with E-state index >= 15 is 0 Å². The Labute approximate surface area is 155 Å². The fourth-order valence-electron chi connectivity index (χ4n) is 3.22. The average molecular weight is 398 g/mol. The van der Waals surface area contributed by atoms with Crippen molar-refractivity contribution < 1.29 is 0 Å². The number of nitrogens with one attached hydrogen (secondary N) is 1. The second-order valence-corrected chi connectivity index (χ2v) is 7.22. The van der Waals surface area contributed by atoms with Gasteiger partial charge in [0.05, 0.1) is 5.52 Å². The van der Waals surface area contributed by atoms with E-state index in [1.54, 1.807) is 6.33 Å². The van der Waals surface area contributed by atoms with Gasteiger partial charge in [0.25, 0.3) is 0 Å². The van der Waals surface area contributed by atoms with Crippen molar-refractivity contribution >= 4 is 38.5 Å². The first kappa shape index (κ1) is 16.3. The normalized spacial score (nSPS) is 14.7. The molecule has 1 N–H and O–H groups in total. The first-order chi connectivity index (χ1) is 12.3.